The van der Waals surface area contributed by atoms with Gasteiger partial charge in [-0.3, -0.25) is 4.68 Å². The van der Waals surface area contributed by atoms with E-state index >= 15 is 0 Å². The standard InChI is InChI=1S/C24H31F2N7O2.C4H4O4/c1-16-11-20(34-4)23(26)19(22(16)25)15-35-18-13-27-24(28-14-18)29-21-12-17(32(3)30-21)5-6-33-9-7-31(2)8-10-33;5-3(6)1-2-4(7)8/h11-14H,5-10,15H2,1-4H3,(H,27,28,29,30);1-2H,(H,5,6)(H,7,8)/b;2-1+. The molecule has 43 heavy (non-hydrogen) atoms. The van der Waals surface area contributed by atoms with Crippen LogP contribution in [0.15, 0.2) is 36.7 Å². The van der Waals surface area contributed by atoms with Crippen molar-refractivity contribution in [3.63, 3.8) is 0 Å². The molecule has 0 aliphatic carbocycles. The molecule has 1 aromatic carbocycles. The van der Waals surface area contributed by atoms with Gasteiger partial charge in [-0.1, -0.05) is 0 Å². The highest BCUT2D eigenvalue weighted by Crippen LogP contribution is 2.27. The molecule has 15 heteroatoms. The van der Waals surface area contributed by atoms with Gasteiger partial charge in [-0.2, -0.15) is 5.10 Å². The molecule has 3 aromatic rings. The first-order chi connectivity index (χ1) is 20.5. The molecule has 2 aromatic heterocycles. The summed E-state index contributed by atoms with van der Waals surface area (Å²) in [6.07, 6.45) is 4.90. The number of benzene rings is 1. The minimum Gasteiger partial charge on any atom is -0.494 e. The molecule has 0 bridgehead atoms. The lowest BCUT2D eigenvalue weighted by atomic mass is 10.1. The first-order valence-corrected chi connectivity index (χ1v) is 13.3. The summed E-state index contributed by atoms with van der Waals surface area (Å²) in [7, 11) is 5.40. The maximum atomic E-state index is 14.4. The van der Waals surface area contributed by atoms with Crippen molar-refractivity contribution < 1.29 is 38.1 Å². The summed E-state index contributed by atoms with van der Waals surface area (Å²) in [6, 6.07) is 3.30. The predicted molar refractivity (Wildman–Crippen MR) is 153 cm³/mol. The number of ether oxygens (including phenoxy) is 2. The van der Waals surface area contributed by atoms with E-state index in [0.29, 0.717) is 23.9 Å². The molecule has 0 unspecified atom stereocenters. The molecular formula is C28H35F2N7O6. The van der Waals surface area contributed by atoms with Gasteiger partial charge in [0.2, 0.25) is 5.95 Å². The molecule has 4 rings (SSSR count). The number of aromatic nitrogens is 4. The van der Waals surface area contributed by atoms with Crippen LogP contribution in [0, 0.1) is 18.6 Å². The Labute approximate surface area is 247 Å². The van der Waals surface area contributed by atoms with Crippen LogP contribution in [0.3, 0.4) is 0 Å². The van der Waals surface area contributed by atoms with Gasteiger partial charge < -0.3 is 34.8 Å². The molecular weight excluding hydrogens is 568 g/mol. The van der Waals surface area contributed by atoms with E-state index in [2.05, 4.69) is 37.2 Å². The van der Waals surface area contributed by atoms with E-state index in [0.717, 1.165) is 44.8 Å². The third-order valence-corrected chi connectivity index (χ3v) is 6.54. The average Bonchev–Trinajstić information content (AvgIpc) is 3.33. The zero-order chi connectivity index (χ0) is 31.5. The van der Waals surface area contributed by atoms with Crippen molar-refractivity contribution in [1.29, 1.82) is 0 Å². The molecule has 0 saturated carbocycles. The van der Waals surface area contributed by atoms with Crippen LogP contribution in [0.2, 0.25) is 0 Å². The van der Waals surface area contributed by atoms with Crippen molar-refractivity contribution in [2.45, 2.75) is 20.0 Å². The Morgan fingerprint density at radius 3 is 2.23 bits per heavy atom. The number of carbonyl (C=O) groups is 2. The van der Waals surface area contributed by atoms with Crippen molar-refractivity contribution in [2.75, 3.05) is 52.2 Å². The maximum Gasteiger partial charge on any atom is 0.328 e. The molecule has 232 valence electrons. The highest BCUT2D eigenvalue weighted by atomic mass is 19.1. The Morgan fingerprint density at radius 1 is 1.02 bits per heavy atom. The Morgan fingerprint density at radius 2 is 1.65 bits per heavy atom. The van der Waals surface area contributed by atoms with Gasteiger partial charge in [-0.15, -0.1) is 0 Å². The molecule has 0 atom stereocenters. The number of likely N-dealkylation sites (N-methyl/N-ethyl adjacent to an activating group) is 1. The number of piperazine rings is 1. The number of aryl methyl sites for hydroxylation is 2. The number of aliphatic carboxylic acids is 2. The SMILES string of the molecule is COc1cc(C)c(F)c(COc2cnc(Nc3cc(CCN4CCN(C)CC4)n(C)n3)nc2)c1F.O=C(O)/C=C/C(=O)O. The van der Waals surface area contributed by atoms with Gasteiger partial charge in [0.05, 0.1) is 25.1 Å². The zero-order valence-electron chi connectivity index (χ0n) is 24.4. The molecule has 1 aliphatic rings. The number of hydrogen-bond donors (Lipinski definition) is 3. The van der Waals surface area contributed by atoms with Gasteiger partial charge in [-0.05, 0) is 25.6 Å². The fourth-order valence-electron chi connectivity index (χ4n) is 4.09. The van der Waals surface area contributed by atoms with Gasteiger partial charge in [0, 0.05) is 70.1 Å². The molecule has 1 aliphatic heterocycles. The lowest BCUT2D eigenvalue weighted by Crippen LogP contribution is -2.45. The number of nitrogens with one attached hydrogen (secondary N) is 1. The Kier molecular flexibility index (Phi) is 11.9. The Bertz CT molecular complexity index is 1410. The minimum absolute atomic E-state index is 0.0310. The van der Waals surface area contributed by atoms with E-state index in [1.165, 1.54) is 25.6 Å². The number of rotatable bonds is 11. The van der Waals surface area contributed by atoms with Crippen LogP contribution in [-0.2, 0) is 29.7 Å². The number of carboxylic acids is 2. The van der Waals surface area contributed by atoms with Crippen LogP contribution in [-0.4, -0.2) is 98.6 Å². The number of hydrogen-bond acceptors (Lipinski definition) is 10. The quantitative estimate of drug-likeness (QED) is 0.276. The van der Waals surface area contributed by atoms with Gasteiger partial charge in [0.25, 0.3) is 0 Å². The van der Waals surface area contributed by atoms with Crippen molar-refractivity contribution >= 4 is 23.7 Å². The number of nitrogens with zero attached hydrogens (tertiary/aromatic N) is 6. The Hall–Kier alpha value is -4.63. The molecule has 0 radical (unpaired) electrons. The highest BCUT2D eigenvalue weighted by molar-refractivity contribution is 5.89. The second-order valence-corrected chi connectivity index (χ2v) is 9.71. The molecule has 13 nitrogen and oxygen atoms in total. The van der Waals surface area contributed by atoms with E-state index in [1.54, 1.807) is 6.92 Å². The van der Waals surface area contributed by atoms with Crippen molar-refractivity contribution in [2.24, 2.45) is 7.05 Å². The van der Waals surface area contributed by atoms with Crippen molar-refractivity contribution in [3.05, 3.63) is 65.1 Å². The van der Waals surface area contributed by atoms with Gasteiger partial charge in [0.15, 0.2) is 23.1 Å². The maximum absolute atomic E-state index is 14.4. The average molecular weight is 604 g/mol. The molecule has 3 heterocycles. The molecule has 3 N–H and O–H groups in total. The number of halogens is 2. The second-order valence-electron chi connectivity index (χ2n) is 9.71. The fourth-order valence-corrected chi connectivity index (χ4v) is 4.09. The normalized spacial score (nSPS) is 13.8. The summed E-state index contributed by atoms with van der Waals surface area (Å²) in [5.41, 5.74) is 1.18. The fraction of sp³-hybridized carbons (Fsp3) is 0.393. The third-order valence-electron chi connectivity index (χ3n) is 6.54. The van der Waals surface area contributed by atoms with Crippen LogP contribution in [0.1, 0.15) is 16.8 Å². The lowest BCUT2D eigenvalue weighted by molar-refractivity contribution is -0.134. The van der Waals surface area contributed by atoms with Crippen LogP contribution >= 0.6 is 0 Å². The highest BCUT2D eigenvalue weighted by Gasteiger charge is 2.18. The van der Waals surface area contributed by atoms with Crippen LogP contribution in [0.5, 0.6) is 11.5 Å². The molecule has 1 fully saturated rings. The molecule has 0 amide bonds. The van der Waals surface area contributed by atoms with E-state index in [-0.39, 0.29) is 29.2 Å². The summed E-state index contributed by atoms with van der Waals surface area (Å²) in [5.74, 6) is -2.73. The van der Waals surface area contributed by atoms with E-state index in [4.69, 9.17) is 19.7 Å². The monoisotopic (exact) mass is 603 g/mol. The van der Waals surface area contributed by atoms with Gasteiger partial charge >= 0.3 is 11.9 Å². The zero-order valence-corrected chi connectivity index (χ0v) is 24.4. The van der Waals surface area contributed by atoms with Crippen LogP contribution in [0.4, 0.5) is 20.5 Å². The summed E-state index contributed by atoms with van der Waals surface area (Å²) in [6.45, 7) is 6.57. The smallest absolute Gasteiger partial charge is 0.328 e. The third kappa shape index (κ3) is 10.0. The summed E-state index contributed by atoms with van der Waals surface area (Å²) in [4.78, 5) is 32.4. The van der Waals surface area contributed by atoms with E-state index in [1.807, 2.05) is 17.8 Å². The second kappa shape index (κ2) is 15.6. The van der Waals surface area contributed by atoms with Crippen molar-refractivity contribution in [1.82, 2.24) is 29.5 Å². The molecule has 0 spiro atoms. The number of carboxylic acid groups (broad SMARTS) is 2. The van der Waals surface area contributed by atoms with Crippen LogP contribution in [0.25, 0.3) is 0 Å². The number of methoxy groups -OCH3 is 1. The summed E-state index contributed by atoms with van der Waals surface area (Å²) >= 11 is 0. The van der Waals surface area contributed by atoms with E-state index in [9.17, 15) is 18.4 Å². The first-order valence-electron chi connectivity index (χ1n) is 13.3. The van der Waals surface area contributed by atoms with Gasteiger partial charge in [0.1, 0.15) is 12.4 Å². The van der Waals surface area contributed by atoms with E-state index < -0.39 is 23.6 Å². The lowest BCUT2D eigenvalue weighted by Gasteiger charge is -2.32. The first kappa shape index (κ1) is 32.9. The topological polar surface area (TPSA) is 155 Å². The van der Waals surface area contributed by atoms with Crippen LogP contribution < -0.4 is 14.8 Å². The predicted octanol–water partition coefficient (Wildman–Crippen LogP) is 2.63. The Balaban J connectivity index is 0.000000557. The summed E-state index contributed by atoms with van der Waals surface area (Å²) in [5, 5.41) is 23.2. The number of anilines is 2. The van der Waals surface area contributed by atoms with Crippen molar-refractivity contribution in [3.8, 4) is 11.5 Å². The minimum atomic E-state index is -1.26. The largest absolute Gasteiger partial charge is 0.494 e. The molecule has 1 saturated heterocycles. The summed E-state index contributed by atoms with van der Waals surface area (Å²) < 4.78 is 41.1. The van der Waals surface area contributed by atoms with Gasteiger partial charge in [-0.25, -0.2) is 28.3 Å².